The second-order valence-electron chi connectivity index (χ2n) is 13.6. The van der Waals surface area contributed by atoms with E-state index in [1.54, 1.807) is 58.0 Å². The van der Waals surface area contributed by atoms with E-state index in [0.717, 1.165) is 29.5 Å². The van der Waals surface area contributed by atoms with Gasteiger partial charge in [-0.25, -0.2) is 19.2 Å². The van der Waals surface area contributed by atoms with Gasteiger partial charge in [0.1, 0.15) is 23.0 Å². The molecule has 0 saturated carbocycles. The number of carbonyl (C=O) groups is 4. The van der Waals surface area contributed by atoms with E-state index in [-0.39, 0.29) is 39.5 Å². The van der Waals surface area contributed by atoms with Crippen LogP contribution in [0.25, 0.3) is 43.8 Å². The van der Waals surface area contributed by atoms with Crippen molar-refractivity contribution in [1.29, 1.82) is 0 Å². The zero-order chi connectivity index (χ0) is 40.1. The van der Waals surface area contributed by atoms with Crippen molar-refractivity contribution in [3.05, 3.63) is 133 Å². The van der Waals surface area contributed by atoms with Gasteiger partial charge in [0.15, 0.2) is 0 Å². The van der Waals surface area contributed by atoms with Crippen LogP contribution < -0.4 is 18.9 Å². The average molecular weight is 737 g/mol. The van der Waals surface area contributed by atoms with Gasteiger partial charge in [-0.3, -0.25) is 0 Å². The SMILES string of the molecule is C=C(C)C(=O)Oc1cc(-c2cc(OC(=O)C(=C)C)c3c(c2)cc(OC(=O)C(=C)C)c2cc(-c4ccc(CCC)cc4)c(OC(=O)C(=C)C)cc23)ccc1CC. The van der Waals surface area contributed by atoms with Gasteiger partial charge < -0.3 is 18.9 Å². The topological polar surface area (TPSA) is 105 Å². The molecule has 0 saturated heterocycles. The van der Waals surface area contributed by atoms with Gasteiger partial charge in [-0.05, 0) is 110 Å². The second-order valence-corrected chi connectivity index (χ2v) is 13.6. The van der Waals surface area contributed by atoms with Crippen molar-refractivity contribution < 1.29 is 38.1 Å². The lowest BCUT2D eigenvalue weighted by Gasteiger charge is -2.19. The lowest BCUT2D eigenvalue weighted by molar-refractivity contribution is -0.131. The predicted molar refractivity (Wildman–Crippen MR) is 217 cm³/mol. The molecule has 0 aliphatic heterocycles. The molecule has 0 amide bonds. The van der Waals surface area contributed by atoms with Crippen LogP contribution >= 0.6 is 0 Å². The van der Waals surface area contributed by atoms with E-state index in [1.807, 2.05) is 49.4 Å². The Labute approximate surface area is 321 Å². The molecule has 8 heteroatoms. The van der Waals surface area contributed by atoms with Gasteiger partial charge in [-0.1, -0.05) is 83.0 Å². The molecular weight excluding hydrogens is 693 g/mol. The summed E-state index contributed by atoms with van der Waals surface area (Å²) in [6, 6.07) is 22.1. The fourth-order valence-electron chi connectivity index (χ4n) is 5.90. The van der Waals surface area contributed by atoms with Crippen LogP contribution in [0.15, 0.2) is 121 Å². The monoisotopic (exact) mass is 736 g/mol. The van der Waals surface area contributed by atoms with Crippen molar-refractivity contribution in [2.45, 2.75) is 60.8 Å². The molecule has 0 N–H and O–H groups in total. The number of rotatable bonds is 13. The van der Waals surface area contributed by atoms with Crippen molar-refractivity contribution in [3.8, 4) is 45.3 Å². The van der Waals surface area contributed by atoms with Crippen molar-refractivity contribution >= 4 is 45.4 Å². The Kier molecular flexibility index (Phi) is 12.0. The standard InChI is InChI=1S/C47H44O8/c1-11-13-30-14-16-32(17-15-30)36-24-37-38(25-41(36)54-46(50)28(7)8)43-35(23-40(37)53-45(49)27(5)6)20-34(22-42(43)55-47(51)29(9)10)33-19-18-31(12-2)39(21-33)52-44(48)26(3)4/h14-25H,3,5,7,9,11-13H2,1-2,4,6,8,10H3. The molecule has 0 aliphatic rings. The third-order valence-corrected chi connectivity index (χ3v) is 8.86. The first-order valence-electron chi connectivity index (χ1n) is 17.9. The normalized spacial score (nSPS) is 10.8. The first-order valence-corrected chi connectivity index (χ1v) is 17.9. The molecule has 55 heavy (non-hydrogen) atoms. The molecule has 5 rings (SSSR count). The van der Waals surface area contributed by atoms with Gasteiger partial charge in [0.25, 0.3) is 0 Å². The van der Waals surface area contributed by atoms with Crippen molar-refractivity contribution in [3.63, 3.8) is 0 Å². The van der Waals surface area contributed by atoms with Crippen molar-refractivity contribution in [2.24, 2.45) is 0 Å². The van der Waals surface area contributed by atoms with Crippen LogP contribution in [0.3, 0.4) is 0 Å². The summed E-state index contributed by atoms with van der Waals surface area (Å²) in [6.45, 7) is 25.3. The Morgan fingerprint density at radius 2 is 1.02 bits per heavy atom. The van der Waals surface area contributed by atoms with E-state index in [9.17, 15) is 19.2 Å². The first kappa shape index (κ1) is 39.7. The molecule has 0 fully saturated rings. The van der Waals surface area contributed by atoms with E-state index in [0.29, 0.717) is 50.4 Å². The Morgan fingerprint density at radius 3 is 1.56 bits per heavy atom. The second kappa shape index (κ2) is 16.6. The van der Waals surface area contributed by atoms with Gasteiger partial charge in [0, 0.05) is 44.0 Å². The lowest BCUT2D eigenvalue weighted by atomic mass is 9.92. The molecule has 0 spiro atoms. The summed E-state index contributed by atoms with van der Waals surface area (Å²) in [6.07, 6.45) is 2.49. The van der Waals surface area contributed by atoms with Gasteiger partial charge in [-0.2, -0.15) is 0 Å². The van der Waals surface area contributed by atoms with Crippen LogP contribution in [0.2, 0.25) is 0 Å². The van der Waals surface area contributed by atoms with Crippen LogP contribution in [-0.4, -0.2) is 23.9 Å². The molecule has 0 unspecified atom stereocenters. The number of carbonyl (C=O) groups excluding carboxylic acids is 4. The fourth-order valence-corrected chi connectivity index (χ4v) is 5.90. The average Bonchev–Trinajstić information content (AvgIpc) is 3.14. The summed E-state index contributed by atoms with van der Waals surface area (Å²) >= 11 is 0. The smallest absolute Gasteiger partial charge is 0.338 e. The summed E-state index contributed by atoms with van der Waals surface area (Å²) in [5, 5.41) is 1.94. The summed E-state index contributed by atoms with van der Waals surface area (Å²) in [7, 11) is 0. The zero-order valence-electron chi connectivity index (χ0n) is 32.1. The molecule has 0 aliphatic carbocycles. The fraction of sp³-hybridized carbons (Fsp3) is 0.191. The molecular formula is C47H44O8. The van der Waals surface area contributed by atoms with E-state index in [2.05, 4.69) is 33.2 Å². The Bertz CT molecular complexity index is 2450. The molecule has 0 radical (unpaired) electrons. The van der Waals surface area contributed by atoms with Crippen LogP contribution in [0, 0.1) is 0 Å². The Morgan fingerprint density at radius 1 is 0.509 bits per heavy atom. The highest BCUT2D eigenvalue weighted by molar-refractivity contribution is 6.17. The van der Waals surface area contributed by atoms with E-state index in [1.165, 1.54) is 0 Å². The van der Waals surface area contributed by atoms with E-state index in [4.69, 9.17) is 18.9 Å². The maximum absolute atomic E-state index is 13.2. The Balaban J connectivity index is 1.89. The number of esters is 4. The maximum atomic E-state index is 13.2. The van der Waals surface area contributed by atoms with Crippen LogP contribution in [0.5, 0.6) is 23.0 Å². The number of hydrogen-bond acceptors (Lipinski definition) is 8. The minimum Gasteiger partial charge on any atom is -0.423 e. The summed E-state index contributed by atoms with van der Waals surface area (Å²) in [5.74, 6) is -1.56. The van der Waals surface area contributed by atoms with Crippen LogP contribution in [0.4, 0.5) is 0 Å². The molecule has 0 bridgehead atoms. The van der Waals surface area contributed by atoms with Gasteiger partial charge in [0.05, 0.1) is 0 Å². The minimum atomic E-state index is -0.667. The number of fused-ring (bicyclic) bond motifs is 3. The highest BCUT2D eigenvalue weighted by Gasteiger charge is 2.23. The van der Waals surface area contributed by atoms with E-state index < -0.39 is 23.9 Å². The number of hydrogen-bond donors (Lipinski definition) is 0. The quantitative estimate of drug-likeness (QED) is 0.0509. The van der Waals surface area contributed by atoms with Gasteiger partial charge in [0.2, 0.25) is 0 Å². The maximum Gasteiger partial charge on any atom is 0.338 e. The third-order valence-electron chi connectivity index (χ3n) is 8.86. The lowest BCUT2D eigenvalue weighted by Crippen LogP contribution is -2.11. The molecule has 5 aromatic carbocycles. The summed E-state index contributed by atoms with van der Waals surface area (Å²) in [4.78, 5) is 51.9. The van der Waals surface area contributed by atoms with Crippen molar-refractivity contribution in [1.82, 2.24) is 0 Å². The number of aryl methyl sites for hydroxylation is 2. The molecule has 0 heterocycles. The molecule has 0 aromatic heterocycles. The number of ether oxygens (including phenoxy) is 4. The largest absolute Gasteiger partial charge is 0.423 e. The van der Waals surface area contributed by atoms with Crippen LogP contribution in [0.1, 0.15) is 59.1 Å². The Hall–Kier alpha value is -6.54. The summed E-state index contributed by atoms with van der Waals surface area (Å²) < 4.78 is 23.6. The highest BCUT2D eigenvalue weighted by atomic mass is 16.5. The predicted octanol–water partition coefficient (Wildman–Crippen LogP) is 10.8. The third kappa shape index (κ3) is 8.82. The molecule has 5 aromatic rings. The van der Waals surface area contributed by atoms with Crippen molar-refractivity contribution in [2.75, 3.05) is 0 Å². The first-order chi connectivity index (χ1) is 26.1. The highest BCUT2D eigenvalue weighted by Crippen LogP contribution is 2.46. The summed E-state index contributed by atoms with van der Waals surface area (Å²) in [5.41, 5.74) is 5.32. The molecule has 280 valence electrons. The number of benzene rings is 5. The van der Waals surface area contributed by atoms with E-state index >= 15 is 0 Å². The minimum absolute atomic E-state index is 0.164. The van der Waals surface area contributed by atoms with Crippen LogP contribution in [-0.2, 0) is 32.0 Å². The van der Waals surface area contributed by atoms with Gasteiger partial charge >= 0.3 is 23.9 Å². The van der Waals surface area contributed by atoms with Gasteiger partial charge in [-0.15, -0.1) is 0 Å². The molecule has 8 nitrogen and oxygen atoms in total. The zero-order valence-corrected chi connectivity index (χ0v) is 32.1. The molecule has 0 atom stereocenters.